The highest BCUT2D eigenvalue weighted by atomic mass is 15.1. The van der Waals surface area contributed by atoms with E-state index in [0.29, 0.717) is 11.8 Å². The normalized spacial score (nSPS) is 12.7. The number of aromatic nitrogens is 3. The Morgan fingerprint density at radius 2 is 1.83 bits per heavy atom. The molecule has 0 bridgehead atoms. The van der Waals surface area contributed by atoms with Crippen molar-refractivity contribution in [2.24, 2.45) is 0 Å². The van der Waals surface area contributed by atoms with Crippen LogP contribution in [0.5, 0.6) is 0 Å². The summed E-state index contributed by atoms with van der Waals surface area (Å²) in [5.74, 6) is 0.966. The molecule has 2 heterocycles. The summed E-state index contributed by atoms with van der Waals surface area (Å²) >= 11 is 0. The Morgan fingerprint density at radius 3 is 2.50 bits per heavy atom. The Kier molecular flexibility index (Phi) is 4.03. The van der Waals surface area contributed by atoms with Crippen LogP contribution in [0.2, 0.25) is 0 Å². The van der Waals surface area contributed by atoms with Gasteiger partial charge in [-0.1, -0.05) is 20.8 Å². The minimum Gasteiger partial charge on any atom is -0.264 e. The van der Waals surface area contributed by atoms with Gasteiger partial charge >= 0.3 is 0 Å². The van der Waals surface area contributed by atoms with Gasteiger partial charge in [0.2, 0.25) is 0 Å². The molecule has 0 saturated carbocycles. The second-order valence-corrected chi connectivity index (χ2v) is 5.01. The van der Waals surface area contributed by atoms with Crippen molar-refractivity contribution in [2.75, 3.05) is 0 Å². The minimum absolute atomic E-state index is 0.433. The molecule has 2 aromatic rings. The molecule has 94 valence electrons. The van der Waals surface area contributed by atoms with Crippen molar-refractivity contribution in [1.29, 1.82) is 0 Å². The van der Waals surface area contributed by atoms with E-state index in [1.165, 1.54) is 16.7 Å². The first-order chi connectivity index (χ1) is 8.68. The lowest BCUT2D eigenvalue weighted by molar-refractivity contribution is 0.725. The number of nitrogens with zero attached hydrogens (tertiary/aromatic N) is 3. The van der Waals surface area contributed by atoms with E-state index >= 15 is 0 Å². The maximum atomic E-state index is 4.25. The lowest BCUT2D eigenvalue weighted by atomic mass is 9.90. The Labute approximate surface area is 108 Å². The molecule has 0 aliphatic carbocycles. The molecule has 0 aliphatic heterocycles. The summed E-state index contributed by atoms with van der Waals surface area (Å²) in [5, 5.41) is 7.76. The van der Waals surface area contributed by atoms with Crippen LogP contribution < -0.4 is 0 Å². The molecule has 3 nitrogen and oxygen atoms in total. The van der Waals surface area contributed by atoms with Crippen LogP contribution in [0.1, 0.15) is 49.3 Å². The fraction of sp³-hybridized carbons (Fsp3) is 0.400. The van der Waals surface area contributed by atoms with E-state index in [1.54, 1.807) is 6.20 Å². The van der Waals surface area contributed by atoms with Crippen molar-refractivity contribution in [3.63, 3.8) is 0 Å². The highest BCUT2D eigenvalue weighted by Crippen LogP contribution is 2.24. The van der Waals surface area contributed by atoms with Gasteiger partial charge in [-0.05, 0) is 47.1 Å². The quantitative estimate of drug-likeness (QED) is 0.824. The molecule has 0 radical (unpaired) electrons. The van der Waals surface area contributed by atoms with Gasteiger partial charge in [-0.2, -0.15) is 10.2 Å². The molecule has 0 aromatic carbocycles. The molecule has 1 atom stereocenters. The molecular weight excluding hydrogens is 222 g/mol. The lowest BCUT2D eigenvalue weighted by Crippen LogP contribution is -2.04. The van der Waals surface area contributed by atoms with Crippen LogP contribution in [0.25, 0.3) is 0 Å². The molecule has 0 spiro atoms. The van der Waals surface area contributed by atoms with E-state index in [-0.39, 0.29) is 0 Å². The number of pyridine rings is 1. The molecule has 0 aliphatic rings. The van der Waals surface area contributed by atoms with Gasteiger partial charge in [0.15, 0.2) is 0 Å². The van der Waals surface area contributed by atoms with Crippen molar-refractivity contribution in [3.05, 3.63) is 53.6 Å². The average molecular weight is 241 g/mol. The van der Waals surface area contributed by atoms with Gasteiger partial charge in [-0.25, -0.2) is 0 Å². The van der Waals surface area contributed by atoms with Crippen LogP contribution in [0.4, 0.5) is 0 Å². The molecule has 0 saturated heterocycles. The fourth-order valence-corrected chi connectivity index (χ4v) is 2.21. The second kappa shape index (κ2) is 5.71. The topological polar surface area (TPSA) is 38.7 Å². The lowest BCUT2D eigenvalue weighted by Gasteiger charge is -2.16. The Balaban J connectivity index is 2.19. The Hall–Kier alpha value is -1.77. The van der Waals surface area contributed by atoms with Gasteiger partial charge in [0.25, 0.3) is 0 Å². The third-order valence-electron chi connectivity index (χ3n) is 3.27. The van der Waals surface area contributed by atoms with Gasteiger partial charge in [0, 0.05) is 18.6 Å². The highest BCUT2D eigenvalue weighted by molar-refractivity contribution is 5.28. The monoisotopic (exact) mass is 241 g/mol. The highest BCUT2D eigenvalue weighted by Gasteiger charge is 2.12. The van der Waals surface area contributed by atoms with Crippen molar-refractivity contribution in [1.82, 2.24) is 15.2 Å². The van der Waals surface area contributed by atoms with Crippen LogP contribution in [-0.2, 0) is 6.42 Å². The fourth-order valence-electron chi connectivity index (χ4n) is 2.21. The van der Waals surface area contributed by atoms with Crippen molar-refractivity contribution in [2.45, 2.75) is 39.0 Å². The first kappa shape index (κ1) is 12.7. The van der Waals surface area contributed by atoms with Crippen molar-refractivity contribution < 1.29 is 0 Å². The molecule has 3 heteroatoms. The van der Waals surface area contributed by atoms with E-state index in [1.807, 2.05) is 24.7 Å². The number of rotatable bonds is 4. The standard InChI is InChI=1S/C15H19N3/c1-11(2)15-5-6-16-9-14(15)8-12(3)13-4-7-17-18-10-13/h4-7,9-12H,8H2,1-3H3. The molecule has 2 rings (SSSR count). The number of hydrogen-bond acceptors (Lipinski definition) is 3. The first-order valence-corrected chi connectivity index (χ1v) is 6.38. The van der Waals surface area contributed by atoms with E-state index in [2.05, 4.69) is 42.0 Å². The third kappa shape index (κ3) is 2.92. The minimum atomic E-state index is 0.433. The van der Waals surface area contributed by atoms with Crippen LogP contribution in [-0.4, -0.2) is 15.2 Å². The van der Waals surface area contributed by atoms with Crippen LogP contribution in [0, 0.1) is 0 Å². The Bertz CT molecular complexity index is 494. The third-order valence-corrected chi connectivity index (χ3v) is 3.27. The van der Waals surface area contributed by atoms with Crippen LogP contribution >= 0.6 is 0 Å². The van der Waals surface area contributed by atoms with Crippen LogP contribution in [0.15, 0.2) is 36.9 Å². The van der Waals surface area contributed by atoms with Gasteiger partial charge < -0.3 is 0 Å². The van der Waals surface area contributed by atoms with E-state index in [4.69, 9.17) is 0 Å². The predicted molar refractivity (Wildman–Crippen MR) is 72.5 cm³/mol. The summed E-state index contributed by atoms with van der Waals surface area (Å²) in [5.41, 5.74) is 3.94. The smallest absolute Gasteiger partial charge is 0.0531 e. The Morgan fingerprint density at radius 1 is 1.00 bits per heavy atom. The summed E-state index contributed by atoms with van der Waals surface area (Å²) < 4.78 is 0. The maximum Gasteiger partial charge on any atom is 0.0531 e. The molecule has 2 aromatic heterocycles. The summed E-state index contributed by atoms with van der Waals surface area (Å²) in [4.78, 5) is 4.25. The summed E-state index contributed by atoms with van der Waals surface area (Å²) in [6.45, 7) is 6.66. The first-order valence-electron chi connectivity index (χ1n) is 6.38. The van der Waals surface area contributed by atoms with Gasteiger partial charge in [-0.3, -0.25) is 4.98 Å². The largest absolute Gasteiger partial charge is 0.264 e. The van der Waals surface area contributed by atoms with E-state index in [0.717, 1.165) is 6.42 Å². The number of hydrogen-bond donors (Lipinski definition) is 0. The zero-order valence-electron chi connectivity index (χ0n) is 11.2. The molecule has 0 fully saturated rings. The molecular formula is C15H19N3. The SMILES string of the molecule is CC(C)c1ccncc1CC(C)c1ccnnc1. The van der Waals surface area contributed by atoms with Gasteiger partial charge in [0.05, 0.1) is 6.20 Å². The summed E-state index contributed by atoms with van der Waals surface area (Å²) in [6.07, 6.45) is 8.44. The van der Waals surface area contributed by atoms with E-state index < -0.39 is 0 Å². The zero-order valence-corrected chi connectivity index (χ0v) is 11.2. The van der Waals surface area contributed by atoms with Gasteiger partial charge in [-0.15, -0.1) is 0 Å². The van der Waals surface area contributed by atoms with Crippen molar-refractivity contribution >= 4 is 0 Å². The molecule has 0 N–H and O–H groups in total. The van der Waals surface area contributed by atoms with E-state index in [9.17, 15) is 0 Å². The van der Waals surface area contributed by atoms with Gasteiger partial charge in [0.1, 0.15) is 0 Å². The van der Waals surface area contributed by atoms with Crippen molar-refractivity contribution in [3.8, 4) is 0 Å². The maximum absolute atomic E-state index is 4.25. The molecule has 1 unspecified atom stereocenters. The predicted octanol–water partition coefficient (Wildman–Crippen LogP) is 3.34. The molecule has 18 heavy (non-hydrogen) atoms. The summed E-state index contributed by atoms with van der Waals surface area (Å²) in [7, 11) is 0. The summed E-state index contributed by atoms with van der Waals surface area (Å²) in [6, 6.07) is 4.15. The van der Waals surface area contributed by atoms with Crippen LogP contribution in [0.3, 0.4) is 0 Å². The average Bonchev–Trinajstić information content (AvgIpc) is 2.40. The zero-order chi connectivity index (χ0) is 13.0. The molecule has 0 amide bonds. The second-order valence-electron chi connectivity index (χ2n) is 5.01.